The lowest BCUT2D eigenvalue weighted by Gasteiger charge is -2.13. The molecule has 0 spiro atoms. The van der Waals surface area contributed by atoms with Gasteiger partial charge in [-0.2, -0.15) is 0 Å². The van der Waals surface area contributed by atoms with E-state index in [0.29, 0.717) is 16.3 Å². The van der Waals surface area contributed by atoms with Gasteiger partial charge in [0.25, 0.3) is 5.91 Å². The van der Waals surface area contributed by atoms with Gasteiger partial charge in [0, 0.05) is 6.08 Å². The lowest BCUT2D eigenvalue weighted by atomic mass is 10.2. The Morgan fingerprint density at radius 1 is 1.23 bits per heavy atom. The summed E-state index contributed by atoms with van der Waals surface area (Å²) in [7, 11) is 1.36. The first-order valence-corrected chi connectivity index (χ1v) is 8.06. The Morgan fingerprint density at radius 3 is 2.62 bits per heavy atom. The first kappa shape index (κ1) is 19.5. The molecule has 1 atom stereocenters. The largest absolute Gasteiger partial charge is 0.494 e. The molecule has 2 rings (SSSR count). The van der Waals surface area contributed by atoms with Gasteiger partial charge in [-0.15, -0.1) is 0 Å². The SMILES string of the molecule is COc1ccc(/C=C/C(=O)O[C@@H](C)C(=O)Nc2ccccc2Cl)cc1F. The zero-order valence-corrected chi connectivity index (χ0v) is 14.9. The van der Waals surface area contributed by atoms with Crippen molar-refractivity contribution in [3.05, 3.63) is 64.9 Å². The van der Waals surface area contributed by atoms with E-state index < -0.39 is 23.8 Å². The van der Waals surface area contributed by atoms with Gasteiger partial charge in [0.2, 0.25) is 0 Å². The number of halogens is 2. The number of ether oxygens (including phenoxy) is 2. The number of hydrogen-bond donors (Lipinski definition) is 1. The van der Waals surface area contributed by atoms with Gasteiger partial charge in [0.1, 0.15) is 0 Å². The van der Waals surface area contributed by atoms with Crippen molar-refractivity contribution in [2.24, 2.45) is 0 Å². The van der Waals surface area contributed by atoms with Crippen LogP contribution in [0, 0.1) is 5.82 Å². The molecule has 2 aromatic rings. The molecule has 1 amide bonds. The highest BCUT2D eigenvalue weighted by Gasteiger charge is 2.17. The number of benzene rings is 2. The number of amides is 1. The Hall–Kier alpha value is -2.86. The summed E-state index contributed by atoms with van der Waals surface area (Å²) in [6.45, 7) is 1.44. The Bertz CT molecular complexity index is 838. The van der Waals surface area contributed by atoms with Gasteiger partial charge in [-0.3, -0.25) is 4.79 Å². The molecule has 0 saturated carbocycles. The van der Waals surface area contributed by atoms with Crippen LogP contribution in [0.1, 0.15) is 12.5 Å². The Kier molecular flexibility index (Phi) is 6.74. The summed E-state index contributed by atoms with van der Waals surface area (Å²) < 4.78 is 23.4. The summed E-state index contributed by atoms with van der Waals surface area (Å²) in [4.78, 5) is 23.9. The molecule has 0 radical (unpaired) electrons. The van der Waals surface area contributed by atoms with Crippen molar-refractivity contribution in [2.75, 3.05) is 12.4 Å². The van der Waals surface area contributed by atoms with Crippen LogP contribution >= 0.6 is 11.6 Å². The number of rotatable bonds is 6. The highest BCUT2D eigenvalue weighted by molar-refractivity contribution is 6.33. The predicted molar refractivity (Wildman–Crippen MR) is 97.6 cm³/mol. The third-order valence-corrected chi connectivity index (χ3v) is 3.71. The minimum atomic E-state index is -1.03. The van der Waals surface area contributed by atoms with E-state index in [9.17, 15) is 14.0 Å². The van der Waals surface area contributed by atoms with Crippen molar-refractivity contribution in [1.82, 2.24) is 0 Å². The zero-order valence-electron chi connectivity index (χ0n) is 14.2. The van der Waals surface area contributed by atoms with E-state index >= 15 is 0 Å². The molecule has 1 N–H and O–H groups in total. The van der Waals surface area contributed by atoms with Gasteiger partial charge < -0.3 is 14.8 Å². The second-order valence-corrected chi connectivity index (χ2v) is 5.68. The fourth-order valence-corrected chi connectivity index (χ4v) is 2.20. The fraction of sp³-hybridized carbons (Fsp3) is 0.158. The van der Waals surface area contributed by atoms with Gasteiger partial charge in [-0.1, -0.05) is 29.8 Å². The number of methoxy groups -OCH3 is 1. The number of para-hydroxylation sites is 1. The number of anilines is 1. The van der Waals surface area contributed by atoms with E-state index in [-0.39, 0.29) is 5.75 Å². The molecule has 0 heterocycles. The lowest BCUT2D eigenvalue weighted by molar-refractivity contribution is -0.148. The van der Waals surface area contributed by atoms with E-state index in [1.165, 1.54) is 32.2 Å². The van der Waals surface area contributed by atoms with Crippen molar-refractivity contribution >= 4 is 35.2 Å². The van der Waals surface area contributed by atoms with E-state index in [4.69, 9.17) is 21.1 Å². The minimum Gasteiger partial charge on any atom is -0.494 e. The summed E-state index contributed by atoms with van der Waals surface area (Å²) in [6, 6.07) is 11.0. The maximum absolute atomic E-state index is 13.6. The van der Waals surface area contributed by atoms with Crippen molar-refractivity contribution in [2.45, 2.75) is 13.0 Å². The second-order valence-electron chi connectivity index (χ2n) is 5.28. The highest BCUT2D eigenvalue weighted by Crippen LogP contribution is 2.21. The summed E-state index contributed by atoms with van der Waals surface area (Å²) in [5.41, 5.74) is 0.875. The zero-order chi connectivity index (χ0) is 19.1. The van der Waals surface area contributed by atoms with E-state index in [1.54, 1.807) is 30.3 Å². The normalized spacial score (nSPS) is 11.8. The fourth-order valence-electron chi connectivity index (χ4n) is 2.01. The molecule has 2 aromatic carbocycles. The summed E-state index contributed by atoms with van der Waals surface area (Å²) in [5, 5.41) is 2.95. The van der Waals surface area contributed by atoms with Crippen LogP contribution in [-0.4, -0.2) is 25.1 Å². The monoisotopic (exact) mass is 377 g/mol. The van der Waals surface area contributed by atoms with Crippen LogP contribution in [0.2, 0.25) is 5.02 Å². The maximum atomic E-state index is 13.6. The summed E-state index contributed by atoms with van der Waals surface area (Å²) in [5.74, 6) is -1.69. The maximum Gasteiger partial charge on any atom is 0.331 e. The molecule has 0 aliphatic carbocycles. The van der Waals surface area contributed by atoms with Crippen molar-refractivity contribution in [1.29, 1.82) is 0 Å². The van der Waals surface area contributed by atoms with Crippen LogP contribution in [0.3, 0.4) is 0 Å². The Morgan fingerprint density at radius 2 is 1.96 bits per heavy atom. The third kappa shape index (κ3) is 5.32. The molecule has 0 saturated heterocycles. The van der Waals surface area contributed by atoms with E-state index in [1.807, 2.05) is 0 Å². The van der Waals surface area contributed by atoms with Crippen LogP contribution < -0.4 is 10.1 Å². The number of nitrogens with one attached hydrogen (secondary N) is 1. The molecule has 0 bridgehead atoms. The van der Waals surface area contributed by atoms with Gasteiger partial charge >= 0.3 is 5.97 Å². The van der Waals surface area contributed by atoms with Crippen LogP contribution in [0.5, 0.6) is 5.75 Å². The average Bonchev–Trinajstić information content (AvgIpc) is 2.62. The first-order valence-electron chi connectivity index (χ1n) is 7.68. The molecule has 0 aromatic heterocycles. The number of hydrogen-bond acceptors (Lipinski definition) is 4. The smallest absolute Gasteiger partial charge is 0.331 e. The summed E-state index contributed by atoms with van der Waals surface area (Å²) >= 11 is 5.96. The van der Waals surface area contributed by atoms with Gasteiger partial charge in [0.05, 0.1) is 17.8 Å². The van der Waals surface area contributed by atoms with Crippen LogP contribution in [0.25, 0.3) is 6.08 Å². The Labute approximate surface area is 155 Å². The molecule has 26 heavy (non-hydrogen) atoms. The standard InChI is InChI=1S/C19H17ClFNO4/c1-12(19(24)22-16-6-4-3-5-14(16)20)26-18(23)10-8-13-7-9-17(25-2)15(21)11-13/h3-12H,1-2H3,(H,22,24)/b10-8+/t12-/m0/s1. The van der Waals surface area contributed by atoms with Gasteiger partial charge in [0.15, 0.2) is 17.7 Å². The van der Waals surface area contributed by atoms with Crippen molar-refractivity contribution in [3.63, 3.8) is 0 Å². The molecule has 136 valence electrons. The summed E-state index contributed by atoms with van der Waals surface area (Å²) in [6.07, 6.45) is 1.46. The molecular formula is C19H17ClFNO4. The quantitative estimate of drug-likeness (QED) is 0.608. The highest BCUT2D eigenvalue weighted by atomic mass is 35.5. The van der Waals surface area contributed by atoms with E-state index in [2.05, 4.69) is 5.32 Å². The Balaban J connectivity index is 1.93. The second kappa shape index (κ2) is 9.01. The average molecular weight is 378 g/mol. The molecule has 0 fully saturated rings. The third-order valence-electron chi connectivity index (χ3n) is 3.38. The van der Waals surface area contributed by atoms with Gasteiger partial charge in [-0.25, -0.2) is 9.18 Å². The minimum absolute atomic E-state index is 0.106. The predicted octanol–water partition coefficient (Wildman–Crippen LogP) is 4.07. The molecule has 0 aliphatic rings. The molecule has 0 unspecified atom stereocenters. The lowest BCUT2D eigenvalue weighted by Crippen LogP contribution is -2.29. The topological polar surface area (TPSA) is 64.6 Å². The molecular weight excluding hydrogens is 361 g/mol. The number of carbonyl (C=O) groups excluding carboxylic acids is 2. The number of carbonyl (C=O) groups is 2. The first-order chi connectivity index (χ1) is 12.4. The van der Waals surface area contributed by atoms with Crippen molar-refractivity contribution in [3.8, 4) is 5.75 Å². The van der Waals surface area contributed by atoms with Crippen LogP contribution in [0.15, 0.2) is 48.5 Å². The number of esters is 1. The van der Waals surface area contributed by atoms with Crippen molar-refractivity contribution < 1.29 is 23.5 Å². The molecule has 7 heteroatoms. The molecule has 0 aliphatic heterocycles. The van der Waals surface area contributed by atoms with Crippen LogP contribution in [0.4, 0.5) is 10.1 Å². The molecule has 5 nitrogen and oxygen atoms in total. The van der Waals surface area contributed by atoms with Gasteiger partial charge in [-0.05, 0) is 42.8 Å². The van der Waals surface area contributed by atoms with Crippen LogP contribution in [-0.2, 0) is 14.3 Å². The van der Waals surface area contributed by atoms with E-state index in [0.717, 1.165) is 6.08 Å².